The van der Waals surface area contributed by atoms with Gasteiger partial charge in [-0.15, -0.1) is 21.5 Å². The van der Waals surface area contributed by atoms with E-state index in [4.69, 9.17) is 23.2 Å². The van der Waals surface area contributed by atoms with Gasteiger partial charge in [-0.05, 0) is 30.9 Å². The van der Waals surface area contributed by atoms with Crippen LogP contribution in [0.15, 0.2) is 34.1 Å². The summed E-state index contributed by atoms with van der Waals surface area (Å²) < 4.78 is 0.714. The number of thiophene rings is 1. The number of hydrogen-bond donors (Lipinski definition) is 2. The van der Waals surface area contributed by atoms with Gasteiger partial charge in [0, 0.05) is 17.6 Å². The first kappa shape index (κ1) is 20.3. The molecule has 27 heavy (non-hydrogen) atoms. The molecule has 1 unspecified atom stereocenters. The van der Waals surface area contributed by atoms with Gasteiger partial charge in [0.05, 0.1) is 15.3 Å². The number of thioether (sulfide) groups is 1. The van der Waals surface area contributed by atoms with Crippen molar-refractivity contribution in [3.63, 3.8) is 0 Å². The summed E-state index contributed by atoms with van der Waals surface area (Å²) in [5.74, 6) is 0.0610. The maximum absolute atomic E-state index is 12.3. The summed E-state index contributed by atoms with van der Waals surface area (Å²) in [6.07, 6.45) is 2.37. The molecule has 3 heterocycles. The molecule has 0 aliphatic rings. The molecule has 0 saturated heterocycles. The number of hydrogen-bond acceptors (Lipinski definition) is 8. The molecule has 3 aromatic rings. The Morgan fingerprint density at radius 2 is 2.22 bits per heavy atom. The number of nitrogens with zero attached hydrogens (tertiary/aromatic N) is 3. The molecule has 3 aromatic heterocycles. The summed E-state index contributed by atoms with van der Waals surface area (Å²) in [6, 6.07) is 5.68. The molecule has 1 atom stereocenters. The van der Waals surface area contributed by atoms with Crippen LogP contribution in [-0.2, 0) is 11.2 Å². The largest absolute Gasteiger partial charge is 0.360 e. The minimum Gasteiger partial charge on any atom is -0.360 e. The first-order chi connectivity index (χ1) is 13.0. The van der Waals surface area contributed by atoms with Gasteiger partial charge in [-0.1, -0.05) is 52.4 Å². The molecular formula is C16H15Cl2N5OS3. The Bertz CT molecular complexity index is 903. The Morgan fingerprint density at radius 3 is 2.96 bits per heavy atom. The van der Waals surface area contributed by atoms with Crippen molar-refractivity contribution in [3.05, 3.63) is 44.7 Å². The van der Waals surface area contributed by atoms with E-state index in [-0.39, 0.29) is 17.0 Å². The van der Waals surface area contributed by atoms with Crippen LogP contribution < -0.4 is 10.6 Å². The van der Waals surface area contributed by atoms with Crippen LogP contribution >= 0.6 is 57.6 Å². The lowest BCUT2D eigenvalue weighted by molar-refractivity contribution is -0.115. The molecule has 1 amide bonds. The first-order valence-electron chi connectivity index (χ1n) is 7.89. The van der Waals surface area contributed by atoms with Crippen LogP contribution in [0.2, 0.25) is 10.0 Å². The lowest BCUT2D eigenvalue weighted by Gasteiger charge is -2.10. The van der Waals surface area contributed by atoms with Gasteiger partial charge in [-0.2, -0.15) is 0 Å². The quantitative estimate of drug-likeness (QED) is 0.457. The molecule has 0 aliphatic carbocycles. The second-order valence-electron chi connectivity index (χ2n) is 5.36. The predicted octanol–water partition coefficient (Wildman–Crippen LogP) is 5.08. The third-order valence-corrected chi connectivity index (χ3v) is 6.83. The van der Waals surface area contributed by atoms with E-state index >= 15 is 0 Å². The van der Waals surface area contributed by atoms with Crippen molar-refractivity contribution in [2.24, 2.45) is 0 Å². The average Bonchev–Trinajstić information content (AvgIpc) is 3.29. The number of rotatable bonds is 8. The Balaban J connectivity index is 1.49. The van der Waals surface area contributed by atoms with Crippen molar-refractivity contribution in [2.45, 2.75) is 22.9 Å². The third kappa shape index (κ3) is 6.05. The van der Waals surface area contributed by atoms with Crippen LogP contribution in [0.1, 0.15) is 11.8 Å². The molecule has 0 aliphatic heterocycles. The smallest absolute Gasteiger partial charge is 0.238 e. The van der Waals surface area contributed by atoms with Crippen molar-refractivity contribution in [1.82, 2.24) is 15.2 Å². The Morgan fingerprint density at radius 1 is 1.37 bits per heavy atom. The highest BCUT2D eigenvalue weighted by atomic mass is 35.5. The van der Waals surface area contributed by atoms with Gasteiger partial charge in [0.2, 0.25) is 11.0 Å². The predicted molar refractivity (Wildman–Crippen MR) is 115 cm³/mol. The average molecular weight is 460 g/mol. The summed E-state index contributed by atoms with van der Waals surface area (Å²) in [6.45, 7) is 2.58. The van der Waals surface area contributed by atoms with Gasteiger partial charge in [-0.25, -0.2) is 4.98 Å². The van der Waals surface area contributed by atoms with Gasteiger partial charge >= 0.3 is 0 Å². The summed E-state index contributed by atoms with van der Waals surface area (Å²) in [5.41, 5.74) is 0. The van der Waals surface area contributed by atoms with Crippen LogP contribution in [0.25, 0.3) is 0 Å². The topological polar surface area (TPSA) is 79.8 Å². The molecule has 11 heteroatoms. The second kappa shape index (κ2) is 9.70. The Kier molecular flexibility index (Phi) is 7.31. The zero-order chi connectivity index (χ0) is 19.2. The normalized spacial score (nSPS) is 12.0. The van der Waals surface area contributed by atoms with E-state index in [1.54, 1.807) is 18.3 Å². The number of carbonyl (C=O) groups is 1. The van der Waals surface area contributed by atoms with Crippen LogP contribution in [-0.4, -0.2) is 32.9 Å². The molecule has 0 bridgehead atoms. The van der Waals surface area contributed by atoms with Crippen molar-refractivity contribution >= 4 is 74.5 Å². The summed E-state index contributed by atoms with van der Waals surface area (Å²) >= 11 is 16.3. The fourth-order valence-electron chi connectivity index (χ4n) is 2.01. The number of halogens is 2. The zero-order valence-corrected chi connectivity index (χ0v) is 18.1. The second-order valence-corrected chi connectivity index (χ2v) is 9.80. The van der Waals surface area contributed by atoms with Crippen molar-refractivity contribution < 1.29 is 4.79 Å². The van der Waals surface area contributed by atoms with Gasteiger partial charge in [-0.3, -0.25) is 4.79 Å². The summed E-state index contributed by atoms with van der Waals surface area (Å²) in [7, 11) is 0. The van der Waals surface area contributed by atoms with E-state index in [0.29, 0.717) is 14.4 Å². The molecule has 3 rings (SSSR count). The van der Waals surface area contributed by atoms with Crippen molar-refractivity contribution in [2.75, 3.05) is 17.2 Å². The Hall–Kier alpha value is -1.39. The molecule has 0 saturated carbocycles. The third-order valence-electron chi connectivity index (χ3n) is 3.33. The highest BCUT2D eigenvalue weighted by Crippen LogP contribution is 2.30. The molecule has 142 valence electrons. The van der Waals surface area contributed by atoms with Crippen LogP contribution in [0, 0.1) is 0 Å². The fourth-order valence-corrected chi connectivity index (χ4v) is 5.06. The highest BCUT2D eigenvalue weighted by Gasteiger charge is 2.19. The number of carbonyl (C=O) groups excluding carboxylic acids is 1. The van der Waals surface area contributed by atoms with E-state index in [1.807, 2.05) is 6.07 Å². The first-order valence-corrected chi connectivity index (χ1v) is 11.2. The number of aromatic nitrogens is 3. The molecular weight excluding hydrogens is 445 g/mol. The van der Waals surface area contributed by atoms with E-state index < -0.39 is 0 Å². The van der Waals surface area contributed by atoms with Crippen LogP contribution in [0.3, 0.4) is 0 Å². The summed E-state index contributed by atoms with van der Waals surface area (Å²) in [4.78, 5) is 17.7. The van der Waals surface area contributed by atoms with Crippen molar-refractivity contribution in [3.8, 4) is 0 Å². The lowest BCUT2D eigenvalue weighted by atomic mass is 10.3. The molecule has 2 N–H and O–H groups in total. The minimum atomic E-state index is -0.384. The monoisotopic (exact) mass is 459 g/mol. The van der Waals surface area contributed by atoms with Gasteiger partial charge in [0.1, 0.15) is 0 Å². The minimum absolute atomic E-state index is 0.223. The SMILES string of the molecule is CC(Sc1nnc(NCCc2cccs2)s1)C(=O)Nc1ncc(Cl)cc1Cl. The number of amides is 1. The van der Waals surface area contributed by atoms with E-state index in [2.05, 4.69) is 37.3 Å². The Labute approximate surface area is 178 Å². The molecule has 0 radical (unpaired) electrons. The number of anilines is 2. The van der Waals surface area contributed by atoms with Gasteiger partial charge < -0.3 is 10.6 Å². The van der Waals surface area contributed by atoms with E-state index in [1.165, 1.54) is 40.2 Å². The fraction of sp³-hybridized carbons (Fsp3) is 0.250. The summed E-state index contributed by atoms with van der Waals surface area (Å²) in [5, 5.41) is 17.3. The van der Waals surface area contributed by atoms with Crippen molar-refractivity contribution in [1.29, 1.82) is 0 Å². The molecule has 0 spiro atoms. The highest BCUT2D eigenvalue weighted by molar-refractivity contribution is 8.02. The van der Waals surface area contributed by atoms with Gasteiger partial charge in [0.25, 0.3) is 0 Å². The van der Waals surface area contributed by atoms with Crippen LogP contribution in [0.5, 0.6) is 0 Å². The standard InChI is InChI=1S/C16H15Cl2N5OS3/c1-9(14(24)21-13-12(18)7-10(17)8-20-13)26-16-23-22-15(27-16)19-5-4-11-3-2-6-25-11/h2-3,6-9H,4-5H2,1H3,(H,19,22)(H,20,21,24). The lowest BCUT2D eigenvalue weighted by Crippen LogP contribution is -2.23. The van der Waals surface area contributed by atoms with Gasteiger partial charge in [0.15, 0.2) is 10.2 Å². The number of nitrogens with one attached hydrogen (secondary N) is 2. The maximum atomic E-state index is 12.3. The van der Waals surface area contributed by atoms with E-state index in [9.17, 15) is 4.79 Å². The van der Waals surface area contributed by atoms with Crippen LogP contribution in [0.4, 0.5) is 10.9 Å². The molecule has 6 nitrogen and oxygen atoms in total. The maximum Gasteiger partial charge on any atom is 0.238 e. The van der Waals surface area contributed by atoms with E-state index in [0.717, 1.165) is 18.1 Å². The number of pyridine rings is 1. The molecule has 0 fully saturated rings. The zero-order valence-electron chi connectivity index (χ0n) is 14.1. The molecule has 0 aromatic carbocycles.